The maximum Gasteiger partial charge on any atom is 0.340 e. The molecule has 9 heteroatoms. The Labute approximate surface area is 207 Å². The Morgan fingerprint density at radius 1 is 1.00 bits per heavy atom. The van der Waals surface area contributed by atoms with Crippen LogP contribution in [0.4, 0.5) is 0 Å². The van der Waals surface area contributed by atoms with E-state index in [0.29, 0.717) is 24.8 Å². The summed E-state index contributed by atoms with van der Waals surface area (Å²) in [5, 5.41) is 18.1. The van der Waals surface area contributed by atoms with Crippen LogP contribution < -0.4 is 11.5 Å². The van der Waals surface area contributed by atoms with E-state index in [9.17, 15) is 4.79 Å². The number of nitrogens with one attached hydrogen (secondary N) is 1. The average Bonchev–Trinajstić information content (AvgIpc) is 3.64. The Bertz CT molecular complexity index is 1030. The third kappa shape index (κ3) is 4.37. The number of hydrogen-bond donors (Lipinski definition) is 3. The molecular formula is C26H39N7O2. The van der Waals surface area contributed by atoms with Gasteiger partial charge in [-0.2, -0.15) is 5.21 Å². The first-order chi connectivity index (χ1) is 16.9. The topological polar surface area (TPSA) is 145 Å². The van der Waals surface area contributed by atoms with E-state index in [4.69, 9.17) is 11.5 Å². The largest absolute Gasteiger partial charge is 0.340 e. The molecule has 6 atom stereocenters. The maximum atomic E-state index is 11.1. The fraction of sp³-hybridized carbons (Fsp3) is 0.731. The van der Waals surface area contributed by atoms with Crippen LogP contribution in [0.2, 0.25) is 0 Å². The van der Waals surface area contributed by atoms with Crippen molar-refractivity contribution >= 4 is 11.7 Å². The van der Waals surface area contributed by atoms with Gasteiger partial charge in [-0.15, -0.1) is 10.2 Å². The van der Waals surface area contributed by atoms with Crippen LogP contribution in [0, 0.1) is 34.5 Å². The van der Waals surface area contributed by atoms with E-state index in [2.05, 4.69) is 56.6 Å². The molecule has 35 heavy (non-hydrogen) atoms. The van der Waals surface area contributed by atoms with Crippen LogP contribution in [0.1, 0.15) is 71.0 Å². The number of hydrogen-bond acceptors (Lipinski definition) is 8. The Hall–Kier alpha value is -2.39. The lowest BCUT2D eigenvalue weighted by atomic mass is 9.53. The van der Waals surface area contributed by atoms with E-state index in [-0.39, 0.29) is 16.8 Å². The predicted molar refractivity (Wildman–Crippen MR) is 133 cm³/mol. The van der Waals surface area contributed by atoms with Crippen molar-refractivity contribution in [2.75, 3.05) is 13.1 Å². The molecule has 9 nitrogen and oxygen atoms in total. The monoisotopic (exact) mass is 481 g/mol. The number of aromatic amines is 1. The van der Waals surface area contributed by atoms with Crippen molar-refractivity contribution in [1.29, 1.82) is 0 Å². The molecule has 0 radical (unpaired) electrons. The zero-order valence-corrected chi connectivity index (χ0v) is 21.0. The first-order valence-electron chi connectivity index (χ1n) is 13.2. The Morgan fingerprint density at radius 2 is 1.60 bits per heavy atom. The number of oxime groups is 1. The second-order valence-corrected chi connectivity index (χ2v) is 11.4. The highest BCUT2D eigenvalue weighted by Gasteiger charge is 2.55. The first kappa shape index (κ1) is 24.3. The summed E-state index contributed by atoms with van der Waals surface area (Å²) in [5.41, 5.74) is 16.4. The number of carbonyl (C=O) groups is 1. The SMILES string of the molecule is CCC1=C[C@H]2[C@@H](C1)C[C@@]2(CN)CC1=NOC(=O)C1.CCC1=C[C@H]2[C@@H](C1)C[C@@]2(CN)Cc1nn[nH]n1. The molecule has 0 bridgehead atoms. The summed E-state index contributed by atoms with van der Waals surface area (Å²) in [6.45, 7) is 5.85. The van der Waals surface area contributed by atoms with E-state index < -0.39 is 0 Å². The molecule has 0 saturated heterocycles. The number of aromatic nitrogens is 4. The Morgan fingerprint density at radius 3 is 2.06 bits per heavy atom. The fourth-order valence-electron chi connectivity index (χ4n) is 7.50. The Balaban J connectivity index is 0.000000145. The van der Waals surface area contributed by atoms with Gasteiger partial charge in [-0.3, -0.25) is 0 Å². The highest BCUT2D eigenvalue weighted by molar-refractivity contribution is 6.02. The number of nitrogens with zero attached hydrogens (tertiary/aromatic N) is 4. The van der Waals surface area contributed by atoms with Gasteiger partial charge >= 0.3 is 5.97 Å². The molecule has 1 aromatic rings. The summed E-state index contributed by atoms with van der Waals surface area (Å²) in [7, 11) is 0. The molecule has 5 N–H and O–H groups in total. The Kier molecular flexibility index (Phi) is 6.65. The van der Waals surface area contributed by atoms with Gasteiger partial charge in [-0.1, -0.05) is 47.5 Å². The van der Waals surface area contributed by atoms with Crippen molar-refractivity contribution in [3.8, 4) is 0 Å². The lowest BCUT2D eigenvalue weighted by Crippen LogP contribution is -2.51. The maximum absolute atomic E-state index is 11.1. The molecule has 0 spiro atoms. The minimum absolute atomic E-state index is 0.133. The lowest BCUT2D eigenvalue weighted by molar-refractivity contribution is -0.140. The van der Waals surface area contributed by atoms with Gasteiger partial charge < -0.3 is 16.3 Å². The molecule has 5 aliphatic rings. The number of carbonyl (C=O) groups excluding carboxylic acids is 1. The van der Waals surface area contributed by atoms with E-state index in [1.54, 1.807) is 11.1 Å². The van der Waals surface area contributed by atoms with Gasteiger partial charge in [0.15, 0.2) is 5.82 Å². The molecule has 2 saturated carbocycles. The quantitative estimate of drug-likeness (QED) is 0.382. The van der Waals surface area contributed by atoms with Crippen molar-refractivity contribution in [3.05, 3.63) is 29.1 Å². The van der Waals surface area contributed by atoms with E-state index in [1.165, 1.54) is 32.1 Å². The molecule has 190 valence electrons. The second kappa shape index (κ2) is 9.58. The number of allylic oxidation sites excluding steroid dienone is 4. The van der Waals surface area contributed by atoms with Gasteiger partial charge in [0, 0.05) is 6.42 Å². The average molecular weight is 482 g/mol. The van der Waals surface area contributed by atoms with Gasteiger partial charge in [-0.25, -0.2) is 4.79 Å². The van der Waals surface area contributed by atoms with Crippen molar-refractivity contribution in [2.45, 2.75) is 71.6 Å². The zero-order valence-electron chi connectivity index (χ0n) is 21.0. The first-order valence-corrected chi connectivity index (χ1v) is 13.2. The number of H-pyrrole nitrogens is 1. The van der Waals surface area contributed by atoms with Crippen LogP contribution >= 0.6 is 0 Å². The molecule has 0 aromatic carbocycles. The van der Waals surface area contributed by atoms with Crippen LogP contribution in [0.15, 0.2) is 28.5 Å². The van der Waals surface area contributed by atoms with E-state index in [0.717, 1.165) is 49.2 Å². The van der Waals surface area contributed by atoms with Crippen LogP contribution in [0.3, 0.4) is 0 Å². The summed E-state index contributed by atoms with van der Waals surface area (Å²) >= 11 is 0. The minimum atomic E-state index is -0.232. The predicted octanol–water partition coefficient (Wildman–Crippen LogP) is 3.06. The molecule has 1 aromatic heterocycles. The van der Waals surface area contributed by atoms with Crippen LogP contribution in [-0.4, -0.2) is 45.4 Å². The zero-order chi connectivity index (χ0) is 24.6. The normalized spacial score (nSPS) is 36.6. The number of tetrazole rings is 1. The van der Waals surface area contributed by atoms with Gasteiger partial charge in [0.05, 0.1) is 12.1 Å². The lowest BCUT2D eigenvalue weighted by Gasteiger charge is -2.52. The van der Waals surface area contributed by atoms with Crippen molar-refractivity contribution in [2.24, 2.45) is 51.1 Å². The highest BCUT2D eigenvalue weighted by Crippen LogP contribution is 2.60. The summed E-state index contributed by atoms with van der Waals surface area (Å²) < 4.78 is 0. The number of fused-ring (bicyclic) bond motifs is 2. The van der Waals surface area contributed by atoms with Gasteiger partial charge in [0.1, 0.15) is 0 Å². The number of rotatable bonds is 8. The highest BCUT2D eigenvalue weighted by atomic mass is 16.7. The molecular weight excluding hydrogens is 442 g/mol. The third-order valence-corrected chi connectivity index (χ3v) is 9.45. The smallest absolute Gasteiger partial charge is 0.330 e. The van der Waals surface area contributed by atoms with Crippen molar-refractivity contribution in [1.82, 2.24) is 20.6 Å². The fourth-order valence-corrected chi connectivity index (χ4v) is 7.50. The molecule has 6 rings (SSSR count). The molecule has 2 fully saturated rings. The third-order valence-electron chi connectivity index (χ3n) is 9.45. The summed E-state index contributed by atoms with van der Waals surface area (Å²) in [6, 6.07) is 0. The van der Waals surface area contributed by atoms with Gasteiger partial charge in [0.25, 0.3) is 0 Å². The van der Waals surface area contributed by atoms with Crippen molar-refractivity contribution < 1.29 is 9.63 Å². The van der Waals surface area contributed by atoms with Crippen LogP contribution in [-0.2, 0) is 16.1 Å². The summed E-state index contributed by atoms with van der Waals surface area (Å²) in [6.07, 6.45) is 14.1. The second-order valence-electron chi connectivity index (χ2n) is 11.4. The summed E-state index contributed by atoms with van der Waals surface area (Å²) in [5.74, 6) is 3.40. The van der Waals surface area contributed by atoms with Gasteiger partial charge in [0.2, 0.25) is 0 Å². The minimum Gasteiger partial charge on any atom is -0.330 e. The van der Waals surface area contributed by atoms with E-state index in [1.807, 2.05) is 0 Å². The number of nitrogens with two attached hydrogens (primary N) is 2. The van der Waals surface area contributed by atoms with Crippen molar-refractivity contribution in [3.63, 3.8) is 0 Å². The molecule has 2 heterocycles. The van der Waals surface area contributed by atoms with Gasteiger partial charge in [-0.05, 0) is 92.5 Å². The molecule has 0 unspecified atom stereocenters. The van der Waals surface area contributed by atoms with Crippen LogP contribution in [0.5, 0.6) is 0 Å². The molecule has 0 amide bonds. The van der Waals surface area contributed by atoms with E-state index >= 15 is 0 Å². The molecule has 4 aliphatic carbocycles. The standard InChI is InChI=1S/C14H20N2O2.C12H19N5/c1-2-9-3-10-6-14(8-15,12(10)4-9)7-11-5-13(17)18-16-11;1-2-8-3-9-5-12(7-13,10(9)4-8)6-11-14-16-17-15-11/h4,10,12H,2-3,5-8,15H2,1H3;4,9-10H,2-3,5-7,13H2,1H3,(H,14,15,16,17)/t10-,12-,14-;9-,10-,12-/m00/s1. The summed E-state index contributed by atoms with van der Waals surface area (Å²) in [4.78, 5) is 15.8. The molecule has 1 aliphatic heterocycles. The van der Waals surface area contributed by atoms with Crippen LogP contribution in [0.25, 0.3) is 0 Å².